The number of imide groups is 1. The number of amides is 2. The third-order valence-corrected chi connectivity index (χ3v) is 2.90. The summed E-state index contributed by atoms with van der Waals surface area (Å²) >= 11 is 5.57. The highest BCUT2D eigenvalue weighted by Gasteiger charge is 2.27. The number of rotatable bonds is 7. The molecule has 1 atom stereocenters. The van der Waals surface area contributed by atoms with Gasteiger partial charge in [-0.25, -0.2) is 0 Å². The molecule has 2 amide bonds. The molecule has 0 aliphatic heterocycles. The van der Waals surface area contributed by atoms with Crippen LogP contribution in [0.5, 0.6) is 0 Å². The molecule has 0 saturated carbocycles. The summed E-state index contributed by atoms with van der Waals surface area (Å²) in [6, 6.07) is 9.23. The van der Waals surface area contributed by atoms with Crippen molar-refractivity contribution in [3.63, 3.8) is 0 Å². The largest absolute Gasteiger partial charge is 0.365 e. The van der Waals surface area contributed by atoms with Gasteiger partial charge in [0.25, 0.3) is 5.91 Å². The predicted molar refractivity (Wildman–Crippen MR) is 78.3 cm³/mol. The highest BCUT2D eigenvalue weighted by atomic mass is 35.5. The fourth-order valence-corrected chi connectivity index (χ4v) is 1.84. The second-order valence-electron chi connectivity index (χ2n) is 4.05. The normalized spacial score (nSPS) is 11.7. The van der Waals surface area contributed by atoms with Gasteiger partial charge in [0, 0.05) is 6.61 Å². The Morgan fingerprint density at radius 3 is 2.55 bits per heavy atom. The molecule has 0 aromatic heterocycles. The van der Waals surface area contributed by atoms with Gasteiger partial charge in [-0.2, -0.15) is 0 Å². The van der Waals surface area contributed by atoms with E-state index in [0.29, 0.717) is 6.61 Å². The van der Waals surface area contributed by atoms with Crippen molar-refractivity contribution in [1.29, 1.82) is 0 Å². The Hall–Kier alpha value is -1.65. The average molecular weight is 296 g/mol. The van der Waals surface area contributed by atoms with Crippen LogP contribution in [0.15, 0.2) is 43.0 Å². The highest BCUT2D eigenvalue weighted by Crippen LogP contribution is 2.10. The number of carbonyl (C=O) groups excluding carboxylic acids is 2. The summed E-state index contributed by atoms with van der Waals surface area (Å²) in [4.78, 5) is 25.3. The zero-order valence-corrected chi connectivity index (χ0v) is 12.2. The van der Waals surface area contributed by atoms with E-state index in [1.54, 1.807) is 6.92 Å². The van der Waals surface area contributed by atoms with Gasteiger partial charge in [-0.1, -0.05) is 43.0 Å². The van der Waals surface area contributed by atoms with Crippen LogP contribution in [0.2, 0.25) is 0 Å². The molecule has 0 radical (unpaired) electrons. The lowest BCUT2D eigenvalue weighted by molar-refractivity contribution is -0.150. The summed E-state index contributed by atoms with van der Waals surface area (Å²) < 4.78 is 5.26. The van der Waals surface area contributed by atoms with E-state index in [1.165, 1.54) is 6.08 Å². The number of nitrogens with zero attached hydrogens (tertiary/aromatic N) is 1. The average Bonchev–Trinajstić information content (AvgIpc) is 2.50. The predicted octanol–water partition coefficient (Wildman–Crippen LogP) is 2.37. The van der Waals surface area contributed by atoms with Crippen molar-refractivity contribution in [3.05, 3.63) is 48.6 Å². The molecule has 1 rings (SSSR count). The topological polar surface area (TPSA) is 46.6 Å². The third kappa shape index (κ3) is 4.47. The minimum atomic E-state index is -0.837. The number of carbonyl (C=O) groups is 2. The van der Waals surface area contributed by atoms with Gasteiger partial charge in [0.15, 0.2) is 6.10 Å². The summed E-state index contributed by atoms with van der Waals surface area (Å²) in [6.07, 6.45) is 0.543. The van der Waals surface area contributed by atoms with E-state index in [1.807, 2.05) is 30.3 Å². The molecule has 4 nitrogen and oxygen atoms in total. The van der Waals surface area contributed by atoms with E-state index >= 15 is 0 Å². The third-order valence-electron chi connectivity index (χ3n) is 2.67. The van der Waals surface area contributed by atoms with Crippen LogP contribution in [0, 0.1) is 0 Å². The maximum absolute atomic E-state index is 12.3. The van der Waals surface area contributed by atoms with Crippen molar-refractivity contribution in [3.8, 4) is 0 Å². The molecular formula is C15H18ClNO3. The molecule has 0 saturated heterocycles. The molecule has 0 bridgehead atoms. The number of ether oxygens (including phenoxy) is 1. The molecule has 0 heterocycles. The molecule has 1 aromatic rings. The molecule has 0 aliphatic carbocycles. The van der Waals surface area contributed by atoms with Crippen molar-refractivity contribution in [2.75, 3.05) is 12.5 Å². The van der Waals surface area contributed by atoms with Crippen LogP contribution < -0.4 is 0 Å². The first kappa shape index (κ1) is 16.4. The van der Waals surface area contributed by atoms with E-state index < -0.39 is 17.9 Å². The highest BCUT2D eigenvalue weighted by molar-refractivity contribution is 6.28. The second-order valence-corrected chi connectivity index (χ2v) is 4.32. The monoisotopic (exact) mass is 295 g/mol. The SMILES string of the molecule is C=CC(OCC)C(=O)N(Cc1ccccc1)C(=O)CCl. The molecule has 20 heavy (non-hydrogen) atoms. The standard InChI is InChI=1S/C15H18ClNO3/c1-3-13(20-4-2)15(19)17(14(18)10-16)11-12-8-6-5-7-9-12/h3,5-9,13H,1,4,10-11H2,2H3. The van der Waals surface area contributed by atoms with Crippen LogP contribution in [-0.4, -0.2) is 35.3 Å². The minimum Gasteiger partial charge on any atom is -0.365 e. The lowest BCUT2D eigenvalue weighted by Gasteiger charge is -2.23. The Bertz CT molecular complexity index is 461. The summed E-state index contributed by atoms with van der Waals surface area (Å²) in [6.45, 7) is 5.86. The molecule has 108 valence electrons. The van der Waals surface area contributed by atoms with Crippen molar-refractivity contribution in [1.82, 2.24) is 4.90 Å². The fourth-order valence-electron chi connectivity index (χ4n) is 1.70. The first-order valence-electron chi connectivity index (χ1n) is 6.32. The first-order valence-corrected chi connectivity index (χ1v) is 6.85. The molecule has 0 spiro atoms. The lowest BCUT2D eigenvalue weighted by atomic mass is 10.2. The molecule has 0 fully saturated rings. The lowest BCUT2D eigenvalue weighted by Crippen LogP contribution is -2.43. The van der Waals surface area contributed by atoms with Crippen molar-refractivity contribution in [2.24, 2.45) is 0 Å². The number of halogens is 1. The molecule has 0 N–H and O–H groups in total. The van der Waals surface area contributed by atoms with Gasteiger partial charge in [0.05, 0.1) is 6.54 Å². The molecule has 0 aliphatic rings. The van der Waals surface area contributed by atoms with E-state index in [0.717, 1.165) is 10.5 Å². The van der Waals surface area contributed by atoms with Gasteiger partial charge in [0.2, 0.25) is 5.91 Å². The Labute approximate surface area is 124 Å². The number of alkyl halides is 1. The van der Waals surface area contributed by atoms with Crippen LogP contribution in [0.4, 0.5) is 0 Å². The maximum atomic E-state index is 12.3. The molecular weight excluding hydrogens is 278 g/mol. The van der Waals surface area contributed by atoms with Crippen LogP contribution in [-0.2, 0) is 20.9 Å². The number of hydrogen-bond donors (Lipinski definition) is 0. The zero-order chi connectivity index (χ0) is 15.0. The van der Waals surface area contributed by atoms with Crippen molar-refractivity contribution >= 4 is 23.4 Å². The van der Waals surface area contributed by atoms with Crippen molar-refractivity contribution in [2.45, 2.75) is 19.6 Å². The van der Waals surface area contributed by atoms with E-state index in [-0.39, 0.29) is 12.4 Å². The molecule has 5 heteroatoms. The van der Waals surface area contributed by atoms with Crippen LogP contribution in [0.25, 0.3) is 0 Å². The summed E-state index contributed by atoms with van der Waals surface area (Å²) in [5.41, 5.74) is 0.846. The van der Waals surface area contributed by atoms with Gasteiger partial charge >= 0.3 is 0 Å². The zero-order valence-electron chi connectivity index (χ0n) is 11.4. The number of hydrogen-bond acceptors (Lipinski definition) is 3. The van der Waals surface area contributed by atoms with Crippen LogP contribution in [0.1, 0.15) is 12.5 Å². The second kappa shape index (κ2) is 8.51. The summed E-state index contributed by atoms with van der Waals surface area (Å²) in [5.74, 6) is -1.16. The molecule has 1 aromatic carbocycles. The van der Waals surface area contributed by atoms with E-state index in [2.05, 4.69) is 6.58 Å². The Balaban J connectivity index is 2.91. The summed E-state index contributed by atoms with van der Waals surface area (Å²) in [5, 5.41) is 0. The summed E-state index contributed by atoms with van der Waals surface area (Å²) in [7, 11) is 0. The smallest absolute Gasteiger partial charge is 0.262 e. The van der Waals surface area contributed by atoms with Crippen molar-refractivity contribution < 1.29 is 14.3 Å². The van der Waals surface area contributed by atoms with E-state index in [9.17, 15) is 9.59 Å². The van der Waals surface area contributed by atoms with E-state index in [4.69, 9.17) is 16.3 Å². The Morgan fingerprint density at radius 2 is 2.05 bits per heavy atom. The molecule has 1 unspecified atom stereocenters. The fraction of sp³-hybridized carbons (Fsp3) is 0.333. The number of benzene rings is 1. The Morgan fingerprint density at radius 1 is 1.40 bits per heavy atom. The Kier molecular flexibility index (Phi) is 6.98. The van der Waals surface area contributed by atoms with Gasteiger partial charge in [-0.15, -0.1) is 11.6 Å². The van der Waals surface area contributed by atoms with Gasteiger partial charge in [-0.3, -0.25) is 14.5 Å². The van der Waals surface area contributed by atoms with Gasteiger partial charge in [0.1, 0.15) is 5.88 Å². The first-order chi connectivity index (χ1) is 9.63. The maximum Gasteiger partial charge on any atom is 0.262 e. The van der Waals surface area contributed by atoms with Gasteiger partial charge in [-0.05, 0) is 12.5 Å². The van der Waals surface area contributed by atoms with Gasteiger partial charge < -0.3 is 4.74 Å². The van der Waals surface area contributed by atoms with Crippen LogP contribution in [0.3, 0.4) is 0 Å². The van der Waals surface area contributed by atoms with Crippen LogP contribution >= 0.6 is 11.6 Å². The minimum absolute atomic E-state index is 0.169. The quantitative estimate of drug-likeness (QED) is 0.573.